The average molecular weight is 261 g/mol. The van der Waals surface area contributed by atoms with Crippen LogP contribution in [-0.4, -0.2) is 7.05 Å². The van der Waals surface area contributed by atoms with Gasteiger partial charge < -0.3 is 5.32 Å². The Balaban J connectivity index is 2.50. The molecule has 2 rings (SSSR count). The lowest BCUT2D eigenvalue weighted by atomic mass is 9.96. The third kappa shape index (κ3) is 2.82. The Hall–Kier alpha value is -1.74. The lowest BCUT2D eigenvalue weighted by Crippen LogP contribution is -2.05. The lowest BCUT2D eigenvalue weighted by Gasteiger charge is -2.11. The molecule has 0 saturated carbocycles. The van der Waals surface area contributed by atoms with E-state index in [9.17, 15) is 8.78 Å². The smallest absolute Gasteiger partial charge is 0.133 e. The fourth-order valence-electron chi connectivity index (χ4n) is 2.21. The molecule has 100 valence electrons. The van der Waals surface area contributed by atoms with Crippen LogP contribution in [0.3, 0.4) is 0 Å². The average Bonchev–Trinajstić information content (AvgIpc) is 2.35. The van der Waals surface area contributed by atoms with E-state index in [0.717, 1.165) is 29.3 Å². The molecule has 1 N–H and O–H groups in total. The second-order valence-corrected chi connectivity index (χ2v) is 4.76. The van der Waals surface area contributed by atoms with Crippen molar-refractivity contribution in [2.75, 3.05) is 7.05 Å². The van der Waals surface area contributed by atoms with Crippen molar-refractivity contribution in [1.29, 1.82) is 0 Å². The highest BCUT2D eigenvalue weighted by atomic mass is 19.1. The summed E-state index contributed by atoms with van der Waals surface area (Å²) in [6.45, 7) is 4.35. The van der Waals surface area contributed by atoms with Crippen LogP contribution in [0.1, 0.15) is 16.7 Å². The van der Waals surface area contributed by atoms with Gasteiger partial charge in [-0.25, -0.2) is 8.78 Å². The maximum absolute atomic E-state index is 13.9. The summed E-state index contributed by atoms with van der Waals surface area (Å²) in [4.78, 5) is 0. The highest BCUT2D eigenvalue weighted by Crippen LogP contribution is 2.28. The number of aryl methyl sites for hydroxylation is 2. The van der Waals surface area contributed by atoms with E-state index in [2.05, 4.69) is 5.32 Å². The summed E-state index contributed by atoms with van der Waals surface area (Å²) in [6.07, 6.45) is 0. The molecule has 0 aliphatic heterocycles. The van der Waals surface area contributed by atoms with Crippen molar-refractivity contribution in [3.8, 4) is 11.1 Å². The van der Waals surface area contributed by atoms with Crippen LogP contribution in [0.2, 0.25) is 0 Å². The van der Waals surface area contributed by atoms with Crippen LogP contribution >= 0.6 is 0 Å². The minimum atomic E-state index is -0.521. The molecule has 0 aliphatic rings. The van der Waals surface area contributed by atoms with Gasteiger partial charge in [-0.2, -0.15) is 0 Å². The molecule has 0 spiro atoms. The topological polar surface area (TPSA) is 12.0 Å². The molecule has 0 fully saturated rings. The predicted octanol–water partition coefficient (Wildman–Crippen LogP) is 3.97. The van der Waals surface area contributed by atoms with Crippen LogP contribution in [0.15, 0.2) is 30.3 Å². The largest absolute Gasteiger partial charge is 0.316 e. The van der Waals surface area contributed by atoms with Gasteiger partial charge in [-0.3, -0.25) is 0 Å². The number of hydrogen-bond donors (Lipinski definition) is 1. The van der Waals surface area contributed by atoms with Crippen molar-refractivity contribution in [2.45, 2.75) is 20.4 Å². The summed E-state index contributed by atoms with van der Waals surface area (Å²) in [5, 5.41) is 3.07. The van der Waals surface area contributed by atoms with E-state index in [0.29, 0.717) is 11.1 Å². The number of benzene rings is 2. The molecule has 19 heavy (non-hydrogen) atoms. The van der Waals surface area contributed by atoms with Crippen molar-refractivity contribution in [2.24, 2.45) is 0 Å². The highest BCUT2D eigenvalue weighted by Gasteiger charge is 2.11. The number of halogens is 2. The SMILES string of the molecule is CNCc1ccc(-c2cc(C)c(F)cc2F)c(C)c1. The normalized spacial score (nSPS) is 10.8. The van der Waals surface area contributed by atoms with E-state index in [1.165, 1.54) is 0 Å². The van der Waals surface area contributed by atoms with Gasteiger partial charge in [0.05, 0.1) is 0 Å². The maximum Gasteiger partial charge on any atom is 0.133 e. The van der Waals surface area contributed by atoms with Gasteiger partial charge in [-0.05, 0) is 49.2 Å². The fourth-order valence-corrected chi connectivity index (χ4v) is 2.21. The standard InChI is InChI=1S/C16H17F2N/c1-10-6-12(9-19-3)4-5-13(10)14-7-11(2)15(17)8-16(14)18/h4-8,19H,9H2,1-3H3. The Morgan fingerprint density at radius 1 is 0.895 bits per heavy atom. The van der Waals surface area contributed by atoms with Gasteiger partial charge in [0.1, 0.15) is 11.6 Å². The van der Waals surface area contributed by atoms with Crippen LogP contribution < -0.4 is 5.32 Å². The molecule has 0 aromatic heterocycles. The Kier molecular flexibility index (Phi) is 3.96. The van der Waals surface area contributed by atoms with Gasteiger partial charge >= 0.3 is 0 Å². The lowest BCUT2D eigenvalue weighted by molar-refractivity contribution is 0.579. The summed E-state index contributed by atoms with van der Waals surface area (Å²) < 4.78 is 27.2. The Morgan fingerprint density at radius 2 is 1.63 bits per heavy atom. The second-order valence-electron chi connectivity index (χ2n) is 4.76. The summed E-state index contributed by atoms with van der Waals surface area (Å²) in [5.74, 6) is -1.03. The molecular formula is C16H17F2N. The van der Waals surface area contributed by atoms with E-state index < -0.39 is 11.6 Å². The minimum Gasteiger partial charge on any atom is -0.316 e. The van der Waals surface area contributed by atoms with Crippen molar-refractivity contribution >= 4 is 0 Å². The van der Waals surface area contributed by atoms with Gasteiger partial charge in [-0.1, -0.05) is 18.2 Å². The molecule has 3 heteroatoms. The van der Waals surface area contributed by atoms with Crippen LogP contribution in [0.4, 0.5) is 8.78 Å². The molecule has 0 saturated heterocycles. The first-order chi connectivity index (χ1) is 9.02. The van der Waals surface area contributed by atoms with E-state index in [4.69, 9.17) is 0 Å². The van der Waals surface area contributed by atoms with E-state index in [-0.39, 0.29) is 0 Å². The zero-order valence-corrected chi connectivity index (χ0v) is 11.3. The Labute approximate surface area is 112 Å². The second kappa shape index (κ2) is 5.49. The molecule has 0 heterocycles. The fraction of sp³-hybridized carbons (Fsp3) is 0.250. The number of rotatable bonds is 3. The first kappa shape index (κ1) is 13.7. The Bertz CT molecular complexity index is 606. The van der Waals surface area contributed by atoms with E-state index in [1.807, 2.05) is 32.2 Å². The quantitative estimate of drug-likeness (QED) is 0.881. The van der Waals surface area contributed by atoms with Gasteiger partial charge in [-0.15, -0.1) is 0 Å². The molecule has 0 unspecified atom stereocenters. The molecule has 0 bridgehead atoms. The summed E-state index contributed by atoms with van der Waals surface area (Å²) in [6, 6.07) is 8.37. The van der Waals surface area contributed by atoms with Gasteiger partial charge in [0.2, 0.25) is 0 Å². The van der Waals surface area contributed by atoms with Crippen molar-refractivity contribution in [3.63, 3.8) is 0 Å². The van der Waals surface area contributed by atoms with Crippen LogP contribution in [0, 0.1) is 25.5 Å². The molecule has 1 nitrogen and oxygen atoms in total. The van der Waals surface area contributed by atoms with Gasteiger partial charge in [0.15, 0.2) is 0 Å². The molecular weight excluding hydrogens is 244 g/mol. The molecule has 2 aromatic rings. The molecule has 2 aromatic carbocycles. The van der Waals surface area contributed by atoms with Crippen LogP contribution in [0.25, 0.3) is 11.1 Å². The monoisotopic (exact) mass is 261 g/mol. The third-order valence-electron chi connectivity index (χ3n) is 3.21. The predicted molar refractivity (Wildman–Crippen MR) is 74.0 cm³/mol. The zero-order valence-electron chi connectivity index (χ0n) is 11.3. The molecule has 0 aliphatic carbocycles. The first-order valence-electron chi connectivity index (χ1n) is 6.23. The van der Waals surface area contributed by atoms with Crippen LogP contribution in [0.5, 0.6) is 0 Å². The van der Waals surface area contributed by atoms with Gasteiger partial charge in [0.25, 0.3) is 0 Å². The van der Waals surface area contributed by atoms with Crippen LogP contribution in [-0.2, 0) is 6.54 Å². The van der Waals surface area contributed by atoms with Crippen molar-refractivity contribution in [1.82, 2.24) is 5.32 Å². The third-order valence-corrected chi connectivity index (χ3v) is 3.21. The summed E-state index contributed by atoms with van der Waals surface area (Å²) in [5.41, 5.74) is 3.84. The molecule has 0 radical (unpaired) electrons. The summed E-state index contributed by atoms with van der Waals surface area (Å²) >= 11 is 0. The molecule has 0 atom stereocenters. The highest BCUT2D eigenvalue weighted by molar-refractivity contribution is 5.69. The van der Waals surface area contributed by atoms with Crippen molar-refractivity contribution in [3.05, 3.63) is 58.7 Å². The number of nitrogens with one attached hydrogen (secondary N) is 1. The molecule has 0 amide bonds. The number of hydrogen-bond acceptors (Lipinski definition) is 1. The zero-order chi connectivity index (χ0) is 14.0. The van der Waals surface area contributed by atoms with E-state index in [1.54, 1.807) is 13.0 Å². The van der Waals surface area contributed by atoms with E-state index >= 15 is 0 Å². The Morgan fingerprint density at radius 3 is 2.26 bits per heavy atom. The van der Waals surface area contributed by atoms with Gasteiger partial charge in [0, 0.05) is 18.2 Å². The first-order valence-corrected chi connectivity index (χ1v) is 6.23. The maximum atomic E-state index is 13.9. The summed E-state index contributed by atoms with van der Waals surface area (Å²) in [7, 11) is 1.88. The van der Waals surface area contributed by atoms with Crippen molar-refractivity contribution < 1.29 is 8.78 Å². The minimum absolute atomic E-state index is 0.451.